The number of halogens is 1. The molecule has 0 aromatic rings. The fraction of sp³-hybridized carbons (Fsp3) is 1.00. The van der Waals surface area contributed by atoms with Crippen molar-refractivity contribution in [3.05, 3.63) is 0 Å². The van der Waals surface area contributed by atoms with E-state index in [2.05, 4.69) is 20.1 Å². The van der Waals surface area contributed by atoms with Crippen LogP contribution in [0.15, 0.2) is 0 Å². The Labute approximate surface area is 83.8 Å². The van der Waals surface area contributed by atoms with Crippen molar-refractivity contribution in [1.29, 1.82) is 0 Å². The maximum Gasteiger partial charge on any atom is 0.0208 e. The van der Waals surface area contributed by atoms with Crippen molar-refractivity contribution < 1.29 is 0 Å². The summed E-state index contributed by atoms with van der Waals surface area (Å²) < 4.78 is 2.49. The van der Waals surface area contributed by atoms with Gasteiger partial charge in [0.05, 0.1) is 0 Å². The van der Waals surface area contributed by atoms with Gasteiger partial charge in [-0.25, -0.2) is 3.93 Å². The van der Waals surface area contributed by atoms with Crippen molar-refractivity contribution in [2.75, 3.05) is 0 Å². The van der Waals surface area contributed by atoms with Crippen LogP contribution in [0.4, 0.5) is 0 Å². The third-order valence-electron chi connectivity index (χ3n) is 3.35. The van der Waals surface area contributed by atoms with Crippen LogP contribution in [0.2, 0.25) is 0 Å². The summed E-state index contributed by atoms with van der Waals surface area (Å²) >= 11 is 3.76. The monoisotopic (exact) mass is 231 g/mol. The first-order chi connectivity index (χ1) is 5.88. The third kappa shape index (κ3) is 1.85. The van der Waals surface area contributed by atoms with Gasteiger partial charge in [-0.3, -0.25) is 0 Å². The van der Waals surface area contributed by atoms with Crippen LogP contribution in [-0.2, 0) is 0 Å². The molecule has 0 unspecified atom stereocenters. The number of hydrogen-bond acceptors (Lipinski definition) is 1. The molecule has 0 aromatic heterocycles. The van der Waals surface area contributed by atoms with Gasteiger partial charge in [-0.1, -0.05) is 25.7 Å². The van der Waals surface area contributed by atoms with Gasteiger partial charge in [0.2, 0.25) is 0 Å². The van der Waals surface area contributed by atoms with Gasteiger partial charge < -0.3 is 0 Å². The van der Waals surface area contributed by atoms with Crippen molar-refractivity contribution in [1.82, 2.24) is 3.93 Å². The summed E-state index contributed by atoms with van der Waals surface area (Å²) in [4.78, 5) is 0. The van der Waals surface area contributed by atoms with Crippen LogP contribution < -0.4 is 0 Å². The SMILES string of the molecule is BrN(C1CCCC1)C1CCCC1. The molecule has 0 amide bonds. The zero-order valence-electron chi connectivity index (χ0n) is 7.64. The fourth-order valence-electron chi connectivity index (χ4n) is 2.60. The molecule has 1 nitrogen and oxygen atoms in total. The van der Waals surface area contributed by atoms with E-state index < -0.39 is 0 Å². The molecule has 2 saturated carbocycles. The summed E-state index contributed by atoms with van der Waals surface area (Å²) in [6.07, 6.45) is 11.4. The second kappa shape index (κ2) is 4.10. The average Bonchev–Trinajstić information content (AvgIpc) is 2.77. The normalized spacial score (nSPS) is 27.5. The molecule has 2 heteroatoms. The van der Waals surface area contributed by atoms with Crippen LogP contribution in [-0.4, -0.2) is 16.0 Å². The van der Waals surface area contributed by atoms with Gasteiger partial charge in [0.1, 0.15) is 0 Å². The molecule has 0 atom stereocenters. The van der Waals surface area contributed by atoms with Crippen molar-refractivity contribution in [3.63, 3.8) is 0 Å². The molecule has 70 valence electrons. The number of hydrogen-bond donors (Lipinski definition) is 0. The zero-order valence-corrected chi connectivity index (χ0v) is 9.22. The van der Waals surface area contributed by atoms with E-state index in [-0.39, 0.29) is 0 Å². The zero-order chi connectivity index (χ0) is 8.39. The Morgan fingerprint density at radius 3 is 1.42 bits per heavy atom. The highest BCUT2D eigenvalue weighted by atomic mass is 79.9. The molecule has 0 N–H and O–H groups in total. The Morgan fingerprint density at radius 2 is 1.08 bits per heavy atom. The standard InChI is InChI=1S/C10H18BrN/c11-12(9-5-1-2-6-9)10-7-3-4-8-10/h9-10H,1-8H2. The first-order valence-corrected chi connectivity index (χ1v) is 6.03. The molecule has 0 spiro atoms. The highest BCUT2D eigenvalue weighted by Gasteiger charge is 2.28. The van der Waals surface area contributed by atoms with E-state index in [1.807, 2.05) is 0 Å². The van der Waals surface area contributed by atoms with E-state index >= 15 is 0 Å². The first kappa shape index (κ1) is 9.01. The van der Waals surface area contributed by atoms with E-state index in [9.17, 15) is 0 Å². The van der Waals surface area contributed by atoms with Gasteiger partial charge in [-0.15, -0.1) is 0 Å². The molecular weight excluding hydrogens is 214 g/mol. The predicted octanol–water partition coefficient (Wildman–Crippen LogP) is 3.48. The molecule has 0 bridgehead atoms. The first-order valence-electron chi connectivity index (χ1n) is 5.32. The van der Waals surface area contributed by atoms with E-state index in [1.54, 1.807) is 0 Å². The summed E-state index contributed by atoms with van der Waals surface area (Å²) in [5.74, 6) is 0. The smallest absolute Gasteiger partial charge is 0.0208 e. The maximum absolute atomic E-state index is 3.76. The Kier molecular flexibility index (Phi) is 3.08. The summed E-state index contributed by atoms with van der Waals surface area (Å²) in [6.45, 7) is 0. The van der Waals surface area contributed by atoms with E-state index in [1.165, 1.54) is 51.4 Å². The van der Waals surface area contributed by atoms with Crippen LogP contribution in [0.3, 0.4) is 0 Å². The average molecular weight is 232 g/mol. The molecule has 12 heavy (non-hydrogen) atoms. The minimum Gasteiger partial charge on any atom is -0.236 e. The fourth-order valence-corrected chi connectivity index (χ4v) is 3.42. The minimum absolute atomic E-state index is 0.855. The molecule has 0 aromatic carbocycles. The molecule has 0 radical (unpaired) electrons. The quantitative estimate of drug-likeness (QED) is 0.659. The lowest BCUT2D eigenvalue weighted by molar-refractivity contribution is 0.289. The van der Waals surface area contributed by atoms with Crippen LogP contribution in [0, 0.1) is 0 Å². The molecular formula is C10H18BrN. The van der Waals surface area contributed by atoms with Gasteiger partial charge in [-0.2, -0.15) is 0 Å². The largest absolute Gasteiger partial charge is 0.236 e. The van der Waals surface area contributed by atoms with E-state index in [0.717, 1.165) is 12.1 Å². The van der Waals surface area contributed by atoms with E-state index in [0.29, 0.717) is 0 Å². The number of nitrogens with zero attached hydrogens (tertiary/aromatic N) is 1. The van der Waals surface area contributed by atoms with Gasteiger partial charge in [0.25, 0.3) is 0 Å². The summed E-state index contributed by atoms with van der Waals surface area (Å²) in [5.41, 5.74) is 0. The summed E-state index contributed by atoms with van der Waals surface area (Å²) in [6, 6.07) is 1.71. The summed E-state index contributed by atoms with van der Waals surface area (Å²) in [7, 11) is 0. The lowest BCUT2D eigenvalue weighted by Crippen LogP contribution is -2.31. The Hall–Kier alpha value is 0.440. The highest BCUT2D eigenvalue weighted by Crippen LogP contribution is 2.33. The number of rotatable bonds is 2. The molecule has 0 saturated heterocycles. The van der Waals surface area contributed by atoms with Gasteiger partial charge in [0.15, 0.2) is 0 Å². The Bertz CT molecular complexity index is 121. The molecule has 2 aliphatic rings. The molecule has 0 heterocycles. The topological polar surface area (TPSA) is 3.24 Å². The maximum atomic E-state index is 3.76. The van der Waals surface area contributed by atoms with Gasteiger partial charge >= 0.3 is 0 Å². The Balaban J connectivity index is 1.84. The second-order valence-corrected chi connectivity index (χ2v) is 5.04. The van der Waals surface area contributed by atoms with Crippen molar-refractivity contribution in [3.8, 4) is 0 Å². The second-order valence-electron chi connectivity index (χ2n) is 4.22. The molecule has 2 rings (SSSR count). The third-order valence-corrected chi connectivity index (χ3v) is 4.51. The Morgan fingerprint density at radius 1 is 0.750 bits per heavy atom. The molecule has 0 aliphatic heterocycles. The van der Waals surface area contributed by atoms with Crippen LogP contribution >= 0.6 is 16.1 Å². The van der Waals surface area contributed by atoms with Crippen molar-refractivity contribution in [2.45, 2.75) is 63.5 Å². The van der Waals surface area contributed by atoms with Gasteiger partial charge in [0, 0.05) is 28.2 Å². The lowest BCUT2D eigenvalue weighted by Gasteiger charge is -2.27. The van der Waals surface area contributed by atoms with Crippen LogP contribution in [0.5, 0.6) is 0 Å². The van der Waals surface area contributed by atoms with Crippen LogP contribution in [0.25, 0.3) is 0 Å². The highest BCUT2D eigenvalue weighted by molar-refractivity contribution is 9.07. The van der Waals surface area contributed by atoms with Crippen molar-refractivity contribution in [2.24, 2.45) is 0 Å². The van der Waals surface area contributed by atoms with E-state index in [4.69, 9.17) is 0 Å². The summed E-state index contributed by atoms with van der Waals surface area (Å²) in [5, 5.41) is 0. The van der Waals surface area contributed by atoms with Gasteiger partial charge in [-0.05, 0) is 25.7 Å². The van der Waals surface area contributed by atoms with Crippen molar-refractivity contribution >= 4 is 16.1 Å². The molecule has 2 aliphatic carbocycles. The minimum atomic E-state index is 0.855. The molecule has 2 fully saturated rings. The van der Waals surface area contributed by atoms with Crippen LogP contribution in [0.1, 0.15) is 51.4 Å². The lowest BCUT2D eigenvalue weighted by atomic mass is 10.2. The predicted molar refractivity (Wildman–Crippen MR) is 55.3 cm³/mol.